The molecule has 1 N–H and O–H groups in total. The Morgan fingerprint density at radius 2 is 1.90 bits per heavy atom. The van der Waals surface area contributed by atoms with Crippen LogP contribution in [-0.2, 0) is 0 Å². The Balaban J connectivity index is 2.85. The van der Waals surface area contributed by atoms with Crippen LogP contribution < -0.4 is 0 Å². The molecule has 0 amide bonds. The van der Waals surface area contributed by atoms with Crippen LogP contribution in [0.3, 0.4) is 0 Å². The van der Waals surface area contributed by atoms with E-state index in [1.165, 1.54) is 0 Å². The summed E-state index contributed by atoms with van der Waals surface area (Å²) in [6.45, 7) is 0. The second-order valence-electron chi connectivity index (χ2n) is 1.95. The standard InChI is InChI=1S/C7H5O.Al.H2O.H/c8-6-7-4-2-1-3-5-7;;;/h1-5H;;1H2;/q;+1;;/p-1. The van der Waals surface area contributed by atoms with Crippen LogP contribution in [0.5, 0.6) is 0 Å². The number of hydrogen-bond acceptors (Lipinski definition) is 2. The minimum absolute atomic E-state index is 0.0967. The molecule has 0 aliphatic heterocycles. The van der Waals surface area contributed by atoms with E-state index in [-0.39, 0.29) is 4.65 Å². The molecule has 0 aliphatic carbocycles. The largest absolute Gasteiger partial charge is 0.533 e. The van der Waals surface area contributed by atoms with Gasteiger partial charge in [0, 0.05) is 5.56 Å². The Bertz CT molecular complexity index is 220. The van der Waals surface area contributed by atoms with Gasteiger partial charge in [-0.15, -0.1) is 0 Å². The lowest BCUT2D eigenvalue weighted by Gasteiger charge is -1.92. The summed E-state index contributed by atoms with van der Waals surface area (Å²) >= 11 is -1.50. The summed E-state index contributed by atoms with van der Waals surface area (Å²) < 4.78 is 8.48. The molecule has 0 heterocycles. The first kappa shape index (κ1) is 7.49. The lowest BCUT2D eigenvalue weighted by molar-refractivity contribution is 0.106. The number of benzene rings is 1. The molecule has 0 aliphatic rings. The second-order valence-corrected chi connectivity index (χ2v) is 2.91. The van der Waals surface area contributed by atoms with Crippen molar-refractivity contribution in [1.82, 2.24) is 0 Å². The molecule has 10 heavy (non-hydrogen) atoms. The van der Waals surface area contributed by atoms with Gasteiger partial charge in [0.25, 0.3) is 0 Å². The summed E-state index contributed by atoms with van der Waals surface area (Å²) in [6, 6.07) is 8.85. The zero-order valence-corrected chi connectivity index (χ0v) is 6.86. The molecule has 0 aromatic heterocycles. The van der Waals surface area contributed by atoms with Gasteiger partial charge in [-0.25, -0.2) is 0 Å². The molecule has 0 spiro atoms. The van der Waals surface area contributed by atoms with Crippen molar-refractivity contribution in [2.45, 2.75) is 0 Å². The Labute approximate surface area is 65.5 Å². The SMILES string of the molecule is O=[C]([AlH][OH])c1ccccc1. The van der Waals surface area contributed by atoms with Gasteiger partial charge in [0.1, 0.15) is 4.65 Å². The summed E-state index contributed by atoms with van der Waals surface area (Å²) in [7, 11) is 0. The molecular formula is C7H7AlO2. The number of hydrogen-bond donors (Lipinski definition) is 1. The van der Waals surface area contributed by atoms with Gasteiger partial charge in [0.2, 0.25) is 0 Å². The third-order valence-electron chi connectivity index (χ3n) is 1.24. The average Bonchev–Trinajstić information content (AvgIpc) is 2.05. The highest BCUT2D eigenvalue weighted by molar-refractivity contribution is 6.71. The molecule has 2 nitrogen and oxygen atoms in total. The first-order chi connectivity index (χ1) is 4.84. The van der Waals surface area contributed by atoms with Crippen LogP contribution in [-0.4, -0.2) is 24.4 Å². The zero-order chi connectivity index (χ0) is 7.40. The normalized spacial score (nSPS) is 8.90. The van der Waals surface area contributed by atoms with Crippen molar-refractivity contribution < 1.29 is 8.95 Å². The monoisotopic (exact) mass is 150 g/mol. The van der Waals surface area contributed by atoms with E-state index >= 15 is 0 Å². The fraction of sp³-hybridized carbons (Fsp3) is 0. The lowest BCUT2D eigenvalue weighted by Crippen LogP contribution is -2.07. The highest BCUT2D eigenvalue weighted by Gasteiger charge is 2.04. The van der Waals surface area contributed by atoms with E-state index in [4.69, 9.17) is 4.16 Å². The predicted molar refractivity (Wildman–Crippen MR) is 40.1 cm³/mol. The van der Waals surface area contributed by atoms with Crippen molar-refractivity contribution in [3.8, 4) is 0 Å². The summed E-state index contributed by atoms with van der Waals surface area (Å²) in [4.78, 5) is 10.8. The van der Waals surface area contributed by atoms with Crippen molar-refractivity contribution >= 4 is 20.2 Å². The Hall–Kier alpha value is -0.618. The Morgan fingerprint density at radius 1 is 1.30 bits per heavy atom. The molecule has 0 unspecified atom stereocenters. The fourth-order valence-electron chi connectivity index (χ4n) is 0.715. The molecule has 0 saturated heterocycles. The maximum atomic E-state index is 10.8. The topological polar surface area (TPSA) is 37.3 Å². The molecule has 1 rings (SSSR count). The zero-order valence-electron chi connectivity index (χ0n) is 5.45. The van der Waals surface area contributed by atoms with Crippen molar-refractivity contribution in [3.05, 3.63) is 35.9 Å². The number of rotatable bonds is 2. The van der Waals surface area contributed by atoms with Crippen LogP contribution in [0, 0.1) is 0 Å². The smallest absolute Gasteiger partial charge is 0.513 e. The molecule has 0 atom stereocenters. The summed E-state index contributed by atoms with van der Waals surface area (Å²) in [5.74, 6) is 0. The van der Waals surface area contributed by atoms with Gasteiger partial charge in [-0.3, -0.25) is 0 Å². The first-order valence-corrected chi connectivity index (χ1v) is 4.37. The lowest BCUT2D eigenvalue weighted by atomic mass is 10.2. The highest BCUT2D eigenvalue weighted by atomic mass is 27.1. The van der Waals surface area contributed by atoms with Crippen molar-refractivity contribution in [2.75, 3.05) is 0 Å². The molecule has 1 aromatic carbocycles. The number of carbonyl (C=O) groups is 1. The maximum Gasteiger partial charge on any atom is 0.533 e. The van der Waals surface area contributed by atoms with Gasteiger partial charge in [0.05, 0.1) is 0 Å². The third kappa shape index (κ3) is 1.68. The molecule has 50 valence electrons. The van der Waals surface area contributed by atoms with Crippen LogP contribution in [0.25, 0.3) is 0 Å². The van der Waals surface area contributed by atoms with Crippen LogP contribution in [0.15, 0.2) is 30.3 Å². The van der Waals surface area contributed by atoms with Gasteiger partial charge >= 0.3 is 15.6 Å². The maximum absolute atomic E-state index is 10.8. The van der Waals surface area contributed by atoms with Gasteiger partial charge < -0.3 is 8.95 Å². The van der Waals surface area contributed by atoms with E-state index in [9.17, 15) is 4.79 Å². The minimum atomic E-state index is -1.50. The van der Waals surface area contributed by atoms with Crippen molar-refractivity contribution in [1.29, 1.82) is 0 Å². The second kappa shape index (κ2) is 3.53. The first-order valence-electron chi connectivity index (χ1n) is 3.03. The Kier molecular flexibility index (Phi) is 2.64. The molecular weight excluding hydrogens is 143 g/mol. The number of carbonyl (C=O) groups excluding carboxylic acids is 1. The van der Waals surface area contributed by atoms with Crippen LogP contribution >= 0.6 is 0 Å². The van der Waals surface area contributed by atoms with Gasteiger partial charge in [0.15, 0.2) is 0 Å². The molecule has 1 aromatic rings. The van der Waals surface area contributed by atoms with E-state index in [1.807, 2.05) is 6.07 Å². The quantitative estimate of drug-likeness (QED) is 0.610. The predicted octanol–water partition coefficient (Wildman–Crippen LogP) is 0.171. The van der Waals surface area contributed by atoms with Crippen molar-refractivity contribution in [2.24, 2.45) is 0 Å². The Morgan fingerprint density at radius 3 is 2.40 bits per heavy atom. The van der Waals surface area contributed by atoms with E-state index in [2.05, 4.69) is 0 Å². The summed E-state index contributed by atoms with van der Waals surface area (Å²) in [6.07, 6.45) is 0. The minimum Gasteiger partial charge on any atom is -0.513 e. The third-order valence-corrected chi connectivity index (χ3v) is 1.93. The molecule has 0 fully saturated rings. The van der Waals surface area contributed by atoms with Crippen LogP contribution in [0.4, 0.5) is 0 Å². The molecule has 0 bridgehead atoms. The van der Waals surface area contributed by atoms with Crippen LogP contribution in [0.2, 0.25) is 0 Å². The van der Waals surface area contributed by atoms with Gasteiger partial charge in [-0.2, -0.15) is 0 Å². The van der Waals surface area contributed by atoms with E-state index in [0.29, 0.717) is 5.56 Å². The average molecular weight is 150 g/mol. The van der Waals surface area contributed by atoms with Crippen molar-refractivity contribution in [3.63, 3.8) is 0 Å². The van der Waals surface area contributed by atoms with E-state index < -0.39 is 15.6 Å². The fourth-order valence-corrected chi connectivity index (χ4v) is 1.13. The molecule has 0 radical (unpaired) electrons. The molecule has 0 saturated carbocycles. The van der Waals surface area contributed by atoms with Gasteiger partial charge in [-0.1, -0.05) is 30.3 Å². The van der Waals surface area contributed by atoms with E-state index in [1.54, 1.807) is 24.3 Å². The van der Waals surface area contributed by atoms with Gasteiger partial charge in [-0.05, 0) is 0 Å². The van der Waals surface area contributed by atoms with Crippen LogP contribution in [0.1, 0.15) is 10.4 Å². The molecule has 3 heteroatoms. The summed E-state index contributed by atoms with van der Waals surface area (Å²) in [5, 5.41) is 0. The summed E-state index contributed by atoms with van der Waals surface area (Å²) in [5.41, 5.74) is 0.622. The highest BCUT2D eigenvalue weighted by Crippen LogP contribution is 1.97. The van der Waals surface area contributed by atoms with E-state index in [0.717, 1.165) is 0 Å².